The molecule has 4 heterocycles. The Kier molecular flexibility index (Phi) is 6.04. The van der Waals surface area contributed by atoms with Crippen LogP contribution >= 0.6 is 11.6 Å². The standard InChI is InChI=1S/C25H25ClF4N6O2/c1-35-18-5-4-13(32-22-15(26)9-31-24(34-22)36-7-6-16(27)17(28)10-36)8-14(18)19-20(23(35)37)38-11-25(29,30)21(33-19)12-2-3-12/h4-5,8-9,12,16-17,21,33H,2-3,6-7,10-11H2,1H3,(H,31,32,34)/t16-,17-,21+/m1/s1. The van der Waals surface area contributed by atoms with Crippen LogP contribution in [0.15, 0.2) is 29.2 Å². The molecule has 1 aliphatic carbocycles. The molecule has 13 heteroatoms. The number of rotatable bonds is 4. The highest BCUT2D eigenvalue weighted by Gasteiger charge is 2.51. The van der Waals surface area contributed by atoms with Gasteiger partial charge in [-0.15, -0.1) is 0 Å². The fourth-order valence-corrected chi connectivity index (χ4v) is 5.22. The van der Waals surface area contributed by atoms with Gasteiger partial charge in [0.15, 0.2) is 12.4 Å². The summed E-state index contributed by atoms with van der Waals surface area (Å²) in [5.41, 5.74) is 0.738. The minimum absolute atomic E-state index is 0.0282. The molecule has 3 aromatic rings. The zero-order valence-electron chi connectivity index (χ0n) is 20.4. The smallest absolute Gasteiger partial charge is 0.301 e. The predicted molar refractivity (Wildman–Crippen MR) is 137 cm³/mol. The van der Waals surface area contributed by atoms with Crippen molar-refractivity contribution in [1.29, 1.82) is 0 Å². The van der Waals surface area contributed by atoms with Crippen molar-refractivity contribution in [3.05, 3.63) is 39.8 Å². The molecule has 3 atom stereocenters. The Labute approximate surface area is 220 Å². The molecular formula is C25H25ClF4N6O2. The van der Waals surface area contributed by atoms with Crippen LogP contribution in [0.2, 0.25) is 5.02 Å². The minimum atomic E-state index is -3.15. The molecule has 1 saturated heterocycles. The van der Waals surface area contributed by atoms with Crippen molar-refractivity contribution < 1.29 is 22.3 Å². The maximum Gasteiger partial charge on any atom is 0.301 e. The van der Waals surface area contributed by atoms with Gasteiger partial charge in [-0.25, -0.2) is 22.5 Å². The van der Waals surface area contributed by atoms with Crippen LogP contribution in [0, 0.1) is 5.92 Å². The van der Waals surface area contributed by atoms with Crippen LogP contribution < -0.4 is 25.8 Å². The average molecular weight is 553 g/mol. The van der Waals surface area contributed by atoms with E-state index in [1.807, 2.05) is 0 Å². The molecule has 202 valence electrons. The lowest BCUT2D eigenvalue weighted by Gasteiger charge is -2.31. The molecule has 0 amide bonds. The first-order valence-corrected chi connectivity index (χ1v) is 12.8. The largest absolute Gasteiger partial charge is 0.480 e. The molecule has 0 spiro atoms. The van der Waals surface area contributed by atoms with Crippen LogP contribution in [-0.2, 0) is 7.05 Å². The summed E-state index contributed by atoms with van der Waals surface area (Å²) in [5, 5.41) is 6.75. The molecule has 2 aliphatic heterocycles. The number of nitrogens with one attached hydrogen (secondary N) is 2. The number of alkyl halides is 4. The number of anilines is 4. The molecule has 1 saturated carbocycles. The third-order valence-electron chi connectivity index (χ3n) is 7.35. The first-order chi connectivity index (χ1) is 18.1. The van der Waals surface area contributed by atoms with Crippen LogP contribution in [0.25, 0.3) is 10.9 Å². The summed E-state index contributed by atoms with van der Waals surface area (Å²) in [4.78, 5) is 23.1. The van der Waals surface area contributed by atoms with Gasteiger partial charge in [0.2, 0.25) is 11.7 Å². The van der Waals surface area contributed by atoms with E-state index < -0.39 is 36.5 Å². The van der Waals surface area contributed by atoms with Crippen LogP contribution in [-0.4, -0.2) is 58.5 Å². The number of benzene rings is 1. The Hall–Kier alpha value is -3.28. The van der Waals surface area contributed by atoms with Crippen molar-refractivity contribution in [1.82, 2.24) is 14.5 Å². The van der Waals surface area contributed by atoms with Crippen LogP contribution in [0.5, 0.6) is 5.75 Å². The zero-order chi connectivity index (χ0) is 26.8. The molecule has 2 fully saturated rings. The molecule has 6 rings (SSSR count). The normalized spacial score (nSPS) is 24.8. The Morgan fingerprint density at radius 1 is 1.21 bits per heavy atom. The number of ether oxygens (including phenoxy) is 1. The van der Waals surface area contributed by atoms with Crippen LogP contribution in [0.4, 0.5) is 40.7 Å². The Morgan fingerprint density at radius 2 is 2.00 bits per heavy atom. The second-order valence-electron chi connectivity index (χ2n) is 10.1. The summed E-state index contributed by atoms with van der Waals surface area (Å²) in [6.07, 6.45) is -0.395. The summed E-state index contributed by atoms with van der Waals surface area (Å²) >= 11 is 6.33. The van der Waals surface area contributed by atoms with E-state index in [0.29, 0.717) is 29.4 Å². The first-order valence-electron chi connectivity index (χ1n) is 12.4. The quantitative estimate of drug-likeness (QED) is 0.449. The average Bonchev–Trinajstić information content (AvgIpc) is 3.73. The minimum Gasteiger partial charge on any atom is -0.480 e. The van der Waals surface area contributed by atoms with Gasteiger partial charge < -0.3 is 24.8 Å². The van der Waals surface area contributed by atoms with Crippen molar-refractivity contribution in [3.8, 4) is 5.75 Å². The molecule has 2 N–H and O–H groups in total. The summed E-state index contributed by atoms with van der Waals surface area (Å²) in [6.45, 7) is -0.792. The molecule has 38 heavy (non-hydrogen) atoms. The number of aryl methyl sites for hydroxylation is 1. The lowest BCUT2D eigenvalue weighted by atomic mass is 10.0. The van der Waals surface area contributed by atoms with Crippen LogP contribution in [0.3, 0.4) is 0 Å². The number of pyridine rings is 1. The number of fused-ring (bicyclic) bond motifs is 3. The second kappa shape index (κ2) is 9.18. The summed E-state index contributed by atoms with van der Waals surface area (Å²) in [5.74, 6) is -3.07. The third kappa shape index (κ3) is 4.38. The summed E-state index contributed by atoms with van der Waals surface area (Å²) in [7, 11) is 1.55. The monoisotopic (exact) mass is 552 g/mol. The number of hydrogen-bond acceptors (Lipinski definition) is 7. The molecule has 8 nitrogen and oxygen atoms in total. The molecular weight excluding hydrogens is 528 g/mol. The van der Waals surface area contributed by atoms with Gasteiger partial charge >= 0.3 is 5.92 Å². The SMILES string of the molecule is Cn1c(=O)c2c(c3cc(Nc4nc(N5CC[C@@H](F)[C@H](F)C5)ncc4Cl)ccc31)N[C@@H](C1CC1)C(F)(F)CO2. The fraction of sp³-hybridized carbons (Fsp3) is 0.480. The fourth-order valence-electron chi connectivity index (χ4n) is 5.08. The van der Waals surface area contributed by atoms with Crippen LogP contribution in [0.1, 0.15) is 19.3 Å². The summed E-state index contributed by atoms with van der Waals surface area (Å²) in [6, 6.07) is 3.93. The van der Waals surface area contributed by atoms with Crippen molar-refractivity contribution >= 4 is 45.6 Å². The number of hydrogen-bond donors (Lipinski definition) is 2. The van der Waals surface area contributed by atoms with Gasteiger partial charge in [-0.05, 0) is 43.4 Å². The van der Waals surface area contributed by atoms with Gasteiger partial charge in [-0.2, -0.15) is 4.98 Å². The second-order valence-corrected chi connectivity index (χ2v) is 10.5. The van der Waals surface area contributed by atoms with E-state index in [-0.39, 0.29) is 53.7 Å². The highest BCUT2D eigenvalue weighted by atomic mass is 35.5. The van der Waals surface area contributed by atoms with E-state index in [2.05, 4.69) is 20.6 Å². The maximum absolute atomic E-state index is 14.9. The van der Waals surface area contributed by atoms with E-state index in [1.165, 1.54) is 10.8 Å². The predicted octanol–water partition coefficient (Wildman–Crippen LogP) is 4.83. The van der Waals surface area contributed by atoms with Gasteiger partial charge in [-0.3, -0.25) is 4.79 Å². The number of aromatic nitrogens is 3. The topological polar surface area (TPSA) is 84.3 Å². The molecule has 0 bridgehead atoms. The lowest BCUT2D eigenvalue weighted by Crippen LogP contribution is -2.44. The van der Waals surface area contributed by atoms with E-state index in [1.54, 1.807) is 30.1 Å². The molecule has 0 unspecified atom stereocenters. The van der Waals surface area contributed by atoms with Crippen molar-refractivity contribution in [2.45, 2.75) is 43.6 Å². The highest BCUT2D eigenvalue weighted by molar-refractivity contribution is 6.32. The Morgan fingerprint density at radius 3 is 2.74 bits per heavy atom. The Balaban J connectivity index is 1.37. The number of halogens is 5. The zero-order valence-corrected chi connectivity index (χ0v) is 21.1. The summed E-state index contributed by atoms with van der Waals surface area (Å²) < 4.78 is 64.0. The van der Waals surface area contributed by atoms with Gasteiger partial charge in [0.1, 0.15) is 17.4 Å². The van der Waals surface area contributed by atoms with Gasteiger partial charge in [0, 0.05) is 24.7 Å². The molecule has 0 radical (unpaired) electrons. The van der Waals surface area contributed by atoms with Crippen molar-refractivity contribution in [2.24, 2.45) is 13.0 Å². The number of nitrogens with zero attached hydrogens (tertiary/aromatic N) is 4. The van der Waals surface area contributed by atoms with Crippen molar-refractivity contribution in [3.63, 3.8) is 0 Å². The molecule has 1 aromatic carbocycles. The van der Waals surface area contributed by atoms with E-state index in [4.69, 9.17) is 16.3 Å². The van der Waals surface area contributed by atoms with Gasteiger partial charge in [-0.1, -0.05) is 11.6 Å². The van der Waals surface area contributed by atoms with E-state index in [0.717, 1.165) is 0 Å². The lowest BCUT2D eigenvalue weighted by molar-refractivity contribution is -0.0579. The van der Waals surface area contributed by atoms with E-state index >= 15 is 0 Å². The van der Waals surface area contributed by atoms with Gasteiger partial charge in [0.25, 0.3) is 5.56 Å². The maximum atomic E-state index is 14.9. The Bertz CT molecular complexity index is 1470. The van der Waals surface area contributed by atoms with Crippen molar-refractivity contribution in [2.75, 3.05) is 35.2 Å². The highest BCUT2D eigenvalue weighted by Crippen LogP contribution is 2.45. The molecule has 3 aliphatic rings. The third-order valence-corrected chi connectivity index (χ3v) is 7.63. The molecule has 2 aromatic heterocycles. The number of piperidine rings is 1. The van der Waals surface area contributed by atoms with E-state index in [9.17, 15) is 22.4 Å². The van der Waals surface area contributed by atoms with Gasteiger partial charge in [0.05, 0.1) is 30.0 Å². The first kappa shape index (κ1) is 25.0.